The molecule has 0 saturated heterocycles. The van der Waals surface area contributed by atoms with Crippen LogP contribution in [0.15, 0.2) is 97.1 Å². The Morgan fingerprint density at radius 1 is 0.529 bits per heavy atom. The van der Waals surface area contributed by atoms with E-state index in [0.29, 0.717) is 0 Å². The van der Waals surface area contributed by atoms with Crippen LogP contribution in [-0.4, -0.2) is 20.4 Å². The van der Waals surface area contributed by atoms with Gasteiger partial charge in [-0.05, 0) is 77.2 Å². The molecule has 0 saturated carbocycles. The first-order valence-electron chi connectivity index (χ1n) is 11.4. The number of rotatable bonds is 5. The predicted molar refractivity (Wildman–Crippen MR) is 137 cm³/mol. The topological polar surface area (TPSA) is 80.9 Å². The van der Waals surface area contributed by atoms with E-state index in [1.54, 1.807) is 48.5 Å². The molecule has 34 heavy (non-hydrogen) atoms. The van der Waals surface area contributed by atoms with Crippen LogP contribution < -0.4 is 0 Å². The Morgan fingerprint density at radius 3 is 1.06 bits per heavy atom. The molecule has 0 radical (unpaired) electrons. The van der Waals surface area contributed by atoms with Gasteiger partial charge in [0.25, 0.3) is 0 Å². The quantitative estimate of drug-likeness (QED) is 0.259. The van der Waals surface area contributed by atoms with E-state index in [1.165, 1.54) is 0 Å². The molecule has 4 rings (SSSR count). The Bertz CT molecular complexity index is 1070. The lowest BCUT2D eigenvalue weighted by molar-refractivity contribution is 0.472. The standard InChI is InChI=1S/C16H18O2.C14H14O2/c1-3-16(2,12-4-8-14(17)9-5-12)13-6-10-15(18)11-7-13;1-10(11-2-6-13(15)7-3-11)12-4-8-14(16)9-5-12/h4-11,17-18H,3H2,1-2H3;2-10,15-16H,1H3. The van der Waals surface area contributed by atoms with Crippen LogP contribution in [0.3, 0.4) is 0 Å². The number of hydrogen-bond acceptors (Lipinski definition) is 4. The minimum Gasteiger partial charge on any atom is -0.508 e. The molecule has 0 bridgehead atoms. The Morgan fingerprint density at radius 2 is 0.794 bits per heavy atom. The van der Waals surface area contributed by atoms with Crippen molar-refractivity contribution >= 4 is 0 Å². The van der Waals surface area contributed by atoms with Gasteiger partial charge in [0.1, 0.15) is 23.0 Å². The summed E-state index contributed by atoms with van der Waals surface area (Å²) in [6, 6.07) is 29.0. The van der Waals surface area contributed by atoms with Crippen LogP contribution in [0.4, 0.5) is 0 Å². The van der Waals surface area contributed by atoms with Gasteiger partial charge in [-0.1, -0.05) is 69.3 Å². The van der Waals surface area contributed by atoms with E-state index in [4.69, 9.17) is 0 Å². The number of phenolic OH excluding ortho intramolecular Hbond substituents is 4. The minimum atomic E-state index is -0.110. The lowest BCUT2D eigenvalue weighted by atomic mass is 9.74. The number of phenols is 4. The Balaban J connectivity index is 0.000000192. The summed E-state index contributed by atoms with van der Waals surface area (Å²) in [5.41, 5.74) is 4.50. The van der Waals surface area contributed by atoms with Crippen LogP contribution in [0, 0.1) is 0 Å². The summed E-state index contributed by atoms with van der Waals surface area (Å²) in [6.07, 6.45) is 0.947. The van der Waals surface area contributed by atoms with Crippen molar-refractivity contribution < 1.29 is 20.4 Å². The maximum Gasteiger partial charge on any atom is 0.115 e. The highest BCUT2D eigenvalue weighted by atomic mass is 16.3. The van der Waals surface area contributed by atoms with Crippen molar-refractivity contribution in [3.63, 3.8) is 0 Å². The highest BCUT2D eigenvalue weighted by molar-refractivity contribution is 5.42. The van der Waals surface area contributed by atoms with Crippen LogP contribution in [0.2, 0.25) is 0 Å². The summed E-state index contributed by atoms with van der Waals surface area (Å²) in [6.45, 7) is 6.41. The third-order valence-corrected chi connectivity index (χ3v) is 6.50. The molecule has 4 nitrogen and oxygen atoms in total. The average molecular weight is 457 g/mol. The predicted octanol–water partition coefficient (Wildman–Crippen LogP) is 7.06. The second-order valence-corrected chi connectivity index (χ2v) is 8.68. The van der Waals surface area contributed by atoms with Crippen LogP contribution in [0.25, 0.3) is 0 Å². The zero-order valence-corrected chi connectivity index (χ0v) is 19.8. The van der Waals surface area contributed by atoms with Gasteiger partial charge in [-0.15, -0.1) is 0 Å². The number of hydrogen-bond donors (Lipinski definition) is 4. The minimum absolute atomic E-state index is 0.110. The van der Waals surface area contributed by atoms with E-state index in [9.17, 15) is 20.4 Å². The van der Waals surface area contributed by atoms with Gasteiger partial charge in [0.2, 0.25) is 0 Å². The SMILES string of the molecule is CC(c1ccc(O)cc1)c1ccc(O)cc1.CCC(C)(c1ccc(O)cc1)c1ccc(O)cc1. The molecule has 0 fully saturated rings. The van der Waals surface area contributed by atoms with Gasteiger partial charge in [0, 0.05) is 11.3 Å². The van der Waals surface area contributed by atoms with Gasteiger partial charge in [-0.2, -0.15) is 0 Å². The van der Waals surface area contributed by atoms with Crippen molar-refractivity contribution in [2.45, 2.75) is 38.5 Å². The van der Waals surface area contributed by atoms with E-state index < -0.39 is 0 Å². The molecule has 0 aromatic heterocycles. The maximum atomic E-state index is 9.37. The van der Waals surface area contributed by atoms with Crippen LogP contribution in [0.5, 0.6) is 23.0 Å². The van der Waals surface area contributed by atoms with Crippen LogP contribution >= 0.6 is 0 Å². The third kappa shape index (κ3) is 5.90. The molecule has 0 aliphatic carbocycles. The molecule has 0 heterocycles. The highest BCUT2D eigenvalue weighted by Gasteiger charge is 2.26. The Labute approximate surface area is 201 Å². The Hall–Kier alpha value is -3.92. The smallest absolute Gasteiger partial charge is 0.115 e. The fourth-order valence-electron chi connectivity index (χ4n) is 3.95. The van der Waals surface area contributed by atoms with Crippen LogP contribution in [-0.2, 0) is 5.41 Å². The fraction of sp³-hybridized carbons (Fsp3) is 0.200. The van der Waals surface area contributed by atoms with Crippen molar-refractivity contribution in [2.24, 2.45) is 0 Å². The summed E-state index contributed by atoms with van der Waals surface area (Å²) in [4.78, 5) is 0. The largest absolute Gasteiger partial charge is 0.508 e. The van der Waals surface area contributed by atoms with Gasteiger partial charge >= 0.3 is 0 Å². The molecule has 0 aliphatic heterocycles. The first kappa shape index (κ1) is 24.7. The van der Waals surface area contributed by atoms with Crippen molar-refractivity contribution in [1.29, 1.82) is 0 Å². The van der Waals surface area contributed by atoms with Gasteiger partial charge in [0.15, 0.2) is 0 Å². The average Bonchev–Trinajstić information content (AvgIpc) is 2.85. The van der Waals surface area contributed by atoms with E-state index in [1.807, 2.05) is 48.5 Å². The number of benzene rings is 4. The van der Waals surface area contributed by atoms with Crippen LogP contribution in [0.1, 0.15) is 55.4 Å². The molecule has 0 amide bonds. The zero-order valence-electron chi connectivity index (χ0n) is 19.8. The molecular formula is C30H32O4. The van der Waals surface area contributed by atoms with E-state index in [0.717, 1.165) is 28.7 Å². The van der Waals surface area contributed by atoms with E-state index >= 15 is 0 Å². The second kappa shape index (κ2) is 10.8. The summed E-state index contributed by atoms with van der Waals surface area (Å²) in [5, 5.41) is 37.2. The fourth-order valence-corrected chi connectivity index (χ4v) is 3.95. The maximum absolute atomic E-state index is 9.37. The summed E-state index contributed by atoms with van der Waals surface area (Å²) in [7, 11) is 0. The monoisotopic (exact) mass is 456 g/mol. The van der Waals surface area contributed by atoms with Crippen molar-refractivity contribution in [3.8, 4) is 23.0 Å². The molecular weight excluding hydrogens is 424 g/mol. The molecule has 0 spiro atoms. The number of aromatic hydroxyl groups is 4. The first-order valence-corrected chi connectivity index (χ1v) is 11.4. The van der Waals surface area contributed by atoms with Crippen molar-refractivity contribution in [3.05, 3.63) is 119 Å². The van der Waals surface area contributed by atoms with Crippen molar-refractivity contribution in [1.82, 2.24) is 0 Å². The zero-order chi connectivity index (χ0) is 24.7. The Kier molecular flexibility index (Phi) is 7.85. The molecule has 4 heteroatoms. The first-order chi connectivity index (χ1) is 16.2. The summed E-state index contributed by atoms with van der Waals surface area (Å²) in [5.74, 6) is 1.37. The molecule has 4 N–H and O–H groups in total. The van der Waals surface area contributed by atoms with E-state index in [2.05, 4.69) is 20.8 Å². The highest BCUT2D eigenvalue weighted by Crippen LogP contribution is 2.36. The molecule has 4 aromatic rings. The summed E-state index contributed by atoms with van der Waals surface area (Å²) < 4.78 is 0. The van der Waals surface area contributed by atoms with E-state index in [-0.39, 0.29) is 34.3 Å². The van der Waals surface area contributed by atoms with Gasteiger partial charge in [0.05, 0.1) is 0 Å². The summed E-state index contributed by atoms with van der Waals surface area (Å²) >= 11 is 0. The molecule has 0 unspecified atom stereocenters. The molecule has 4 aromatic carbocycles. The van der Waals surface area contributed by atoms with Gasteiger partial charge in [-0.3, -0.25) is 0 Å². The van der Waals surface area contributed by atoms with Gasteiger partial charge < -0.3 is 20.4 Å². The van der Waals surface area contributed by atoms with Gasteiger partial charge in [-0.25, -0.2) is 0 Å². The molecule has 0 aliphatic rings. The second-order valence-electron chi connectivity index (χ2n) is 8.68. The van der Waals surface area contributed by atoms with Crippen molar-refractivity contribution in [2.75, 3.05) is 0 Å². The lowest BCUT2D eigenvalue weighted by Crippen LogP contribution is -2.22. The normalized spacial score (nSPS) is 11.1. The third-order valence-electron chi connectivity index (χ3n) is 6.50. The molecule has 0 atom stereocenters. The lowest BCUT2D eigenvalue weighted by Gasteiger charge is -2.29. The molecule has 176 valence electrons.